The third-order valence-corrected chi connectivity index (χ3v) is 6.69. The average Bonchev–Trinajstić information content (AvgIpc) is 2.73. The van der Waals surface area contributed by atoms with E-state index in [1.54, 1.807) is 7.11 Å². The molecule has 1 N–H and O–H groups in total. The fourth-order valence-corrected chi connectivity index (χ4v) is 4.69. The van der Waals surface area contributed by atoms with Crippen LogP contribution in [0.25, 0.3) is 0 Å². The van der Waals surface area contributed by atoms with Crippen molar-refractivity contribution in [3.05, 3.63) is 53.3 Å². The van der Waals surface area contributed by atoms with Crippen LogP contribution >= 0.6 is 11.6 Å². The van der Waals surface area contributed by atoms with Crippen molar-refractivity contribution in [3.8, 4) is 5.75 Å². The predicted octanol–water partition coefficient (Wildman–Crippen LogP) is 2.98. The maximum Gasteiger partial charge on any atom is 0.240 e. The number of hydrogen-bond acceptors (Lipinski definition) is 5. The van der Waals surface area contributed by atoms with Crippen LogP contribution in [-0.2, 0) is 10.0 Å². The van der Waals surface area contributed by atoms with Crippen LogP contribution in [0.1, 0.15) is 6.42 Å². The molecule has 29 heavy (non-hydrogen) atoms. The van der Waals surface area contributed by atoms with Gasteiger partial charge < -0.3 is 9.64 Å². The fraction of sp³-hybridized carbons (Fsp3) is 0.400. The number of benzene rings is 2. The Morgan fingerprint density at radius 2 is 1.86 bits per heavy atom. The van der Waals surface area contributed by atoms with Gasteiger partial charge in [0.2, 0.25) is 10.0 Å². The molecule has 0 amide bonds. The summed E-state index contributed by atoms with van der Waals surface area (Å²) in [5, 5.41) is -0.208. The number of sulfonamides is 1. The Morgan fingerprint density at radius 1 is 1.14 bits per heavy atom. The van der Waals surface area contributed by atoms with Crippen molar-refractivity contribution in [1.29, 1.82) is 0 Å². The summed E-state index contributed by atoms with van der Waals surface area (Å²) < 4.78 is 45.8. The topological polar surface area (TPSA) is 61.9 Å². The second-order valence-electron chi connectivity index (χ2n) is 6.83. The number of para-hydroxylation sites is 2. The zero-order valence-corrected chi connectivity index (χ0v) is 17.8. The van der Waals surface area contributed by atoms with Gasteiger partial charge in [0.1, 0.15) is 11.6 Å². The molecule has 1 heterocycles. The number of anilines is 1. The van der Waals surface area contributed by atoms with Gasteiger partial charge in [-0.3, -0.25) is 4.90 Å². The fourth-order valence-electron chi connectivity index (χ4n) is 3.34. The number of halogens is 2. The normalized spacial score (nSPS) is 15.5. The summed E-state index contributed by atoms with van der Waals surface area (Å²) in [6, 6.07) is 11.4. The molecule has 2 aromatic carbocycles. The molecule has 0 bridgehead atoms. The molecule has 1 aliphatic rings. The minimum atomic E-state index is -3.70. The monoisotopic (exact) mass is 441 g/mol. The van der Waals surface area contributed by atoms with E-state index in [1.807, 2.05) is 18.2 Å². The van der Waals surface area contributed by atoms with Crippen LogP contribution < -0.4 is 14.4 Å². The van der Waals surface area contributed by atoms with Gasteiger partial charge in [-0.2, -0.15) is 0 Å². The highest BCUT2D eigenvalue weighted by molar-refractivity contribution is 7.89. The van der Waals surface area contributed by atoms with Crippen LogP contribution in [-0.4, -0.2) is 59.7 Å². The highest BCUT2D eigenvalue weighted by atomic mass is 35.5. The Labute approximate surface area is 176 Å². The number of nitrogens with zero attached hydrogens (tertiary/aromatic N) is 2. The molecular formula is C20H25ClFN3O3S. The van der Waals surface area contributed by atoms with Crippen molar-refractivity contribution in [2.24, 2.45) is 0 Å². The van der Waals surface area contributed by atoms with E-state index in [2.05, 4.69) is 20.6 Å². The molecule has 3 rings (SSSR count). The molecule has 9 heteroatoms. The van der Waals surface area contributed by atoms with E-state index in [0.29, 0.717) is 13.0 Å². The molecule has 0 atom stereocenters. The highest BCUT2D eigenvalue weighted by Gasteiger charge is 2.20. The van der Waals surface area contributed by atoms with Crippen LogP contribution in [0.2, 0.25) is 5.02 Å². The van der Waals surface area contributed by atoms with E-state index in [-0.39, 0.29) is 9.92 Å². The molecule has 0 saturated carbocycles. The Kier molecular flexibility index (Phi) is 7.34. The van der Waals surface area contributed by atoms with Gasteiger partial charge >= 0.3 is 0 Å². The number of ether oxygens (including phenoxy) is 1. The van der Waals surface area contributed by atoms with Crippen molar-refractivity contribution >= 4 is 27.3 Å². The lowest BCUT2D eigenvalue weighted by Crippen LogP contribution is -2.47. The summed E-state index contributed by atoms with van der Waals surface area (Å²) in [6.45, 7) is 4.69. The molecule has 0 unspecified atom stereocenters. The molecule has 0 radical (unpaired) electrons. The maximum atomic E-state index is 13.2. The molecule has 0 spiro atoms. The molecule has 6 nitrogen and oxygen atoms in total. The Hall–Kier alpha value is -1.87. The van der Waals surface area contributed by atoms with Crippen LogP contribution in [0.15, 0.2) is 47.4 Å². The second kappa shape index (κ2) is 9.75. The van der Waals surface area contributed by atoms with Gasteiger partial charge in [-0.25, -0.2) is 17.5 Å². The summed E-state index contributed by atoms with van der Waals surface area (Å²) in [5.74, 6) is 0.231. The summed E-state index contributed by atoms with van der Waals surface area (Å²) in [7, 11) is -2.02. The maximum absolute atomic E-state index is 13.2. The van der Waals surface area contributed by atoms with Crippen molar-refractivity contribution in [1.82, 2.24) is 9.62 Å². The lowest BCUT2D eigenvalue weighted by atomic mass is 10.2. The summed E-state index contributed by atoms with van der Waals surface area (Å²) in [5.41, 5.74) is 1.10. The summed E-state index contributed by atoms with van der Waals surface area (Å²) in [6.07, 6.45) is 0.683. The van der Waals surface area contributed by atoms with Crippen LogP contribution in [0, 0.1) is 5.82 Å². The van der Waals surface area contributed by atoms with Crippen molar-refractivity contribution in [2.45, 2.75) is 11.3 Å². The van der Waals surface area contributed by atoms with Crippen molar-refractivity contribution < 1.29 is 17.5 Å². The molecule has 2 aromatic rings. The van der Waals surface area contributed by atoms with Gasteiger partial charge in [0.15, 0.2) is 0 Å². The van der Waals surface area contributed by atoms with Crippen molar-refractivity contribution in [2.75, 3.05) is 51.3 Å². The third-order valence-electron chi connectivity index (χ3n) is 4.94. The Morgan fingerprint density at radius 3 is 2.55 bits per heavy atom. The van der Waals surface area contributed by atoms with Crippen LogP contribution in [0.4, 0.5) is 10.1 Å². The quantitative estimate of drug-likeness (QED) is 0.638. The molecule has 1 aliphatic heterocycles. The standard InChI is InChI=1S/C20H25ClFN3O3S/c1-28-20-6-3-2-5-19(20)25-13-11-24(12-14-25)10-4-9-23-29(26,27)16-7-8-18(22)17(21)15-16/h2-3,5-8,15,23H,4,9-14H2,1H3. The molecule has 158 valence electrons. The first-order valence-electron chi connectivity index (χ1n) is 9.46. The number of rotatable bonds is 8. The number of nitrogens with one attached hydrogen (secondary N) is 1. The minimum absolute atomic E-state index is 0.0330. The van der Waals surface area contributed by atoms with Gasteiger partial charge in [0, 0.05) is 32.7 Å². The average molecular weight is 442 g/mol. The van der Waals surface area contributed by atoms with Crippen LogP contribution in [0.5, 0.6) is 5.75 Å². The summed E-state index contributed by atoms with van der Waals surface area (Å²) in [4.78, 5) is 4.58. The molecule has 1 fully saturated rings. The highest BCUT2D eigenvalue weighted by Crippen LogP contribution is 2.28. The van der Waals surface area contributed by atoms with Gasteiger partial charge in [-0.1, -0.05) is 23.7 Å². The van der Waals surface area contributed by atoms with E-state index < -0.39 is 15.8 Å². The SMILES string of the molecule is COc1ccccc1N1CCN(CCCNS(=O)(=O)c2ccc(F)c(Cl)c2)CC1. The first-order valence-corrected chi connectivity index (χ1v) is 11.3. The molecule has 0 aliphatic carbocycles. The lowest BCUT2D eigenvalue weighted by molar-refractivity contribution is 0.254. The molecular weight excluding hydrogens is 417 g/mol. The van der Waals surface area contributed by atoms with Gasteiger partial charge in [-0.05, 0) is 43.3 Å². The molecule has 0 aromatic heterocycles. The van der Waals surface area contributed by atoms with Gasteiger partial charge in [-0.15, -0.1) is 0 Å². The minimum Gasteiger partial charge on any atom is -0.495 e. The van der Waals surface area contributed by atoms with E-state index >= 15 is 0 Å². The van der Waals surface area contributed by atoms with Crippen molar-refractivity contribution in [3.63, 3.8) is 0 Å². The number of hydrogen-bond donors (Lipinski definition) is 1. The van der Waals surface area contributed by atoms with E-state index in [0.717, 1.165) is 56.3 Å². The van der Waals surface area contributed by atoms with Gasteiger partial charge in [0.25, 0.3) is 0 Å². The first-order chi connectivity index (χ1) is 13.9. The largest absolute Gasteiger partial charge is 0.495 e. The zero-order valence-electron chi connectivity index (χ0n) is 16.3. The third kappa shape index (κ3) is 5.60. The Balaban J connectivity index is 1.43. The number of methoxy groups -OCH3 is 1. The first kappa shape index (κ1) is 21.8. The summed E-state index contributed by atoms with van der Waals surface area (Å²) >= 11 is 5.67. The van der Waals surface area contributed by atoms with E-state index in [9.17, 15) is 12.8 Å². The molecule has 1 saturated heterocycles. The Bertz CT molecular complexity index is 934. The second-order valence-corrected chi connectivity index (χ2v) is 9.00. The van der Waals surface area contributed by atoms with E-state index in [1.165, 1.54) is 6.07 Å². The zero-order chi connectivity index (χ0) is 20.9. The predicted molar refractivity (Wildman–Crippen MR) is 113 cm³/mol. The smallest absolute Gasteiger partial charge is 0.240 e. The number of piperazine rings is 1. The van der Waals surface area contributed by atoms with E-state index in [4.69, 9.17) is 16.3 Å². The van der Waals surface area contributed by atoms with Crippen LogP contribution in [0.3, 0.4) is 0 Å². The van der Waals surface area contributed by atoms with Gasteiger partial charge in [0.05, 0.1) is 22.7 Å². The lowest BCUT2D eigenvalue weighted by Gasteiger charge is -2.36.